The van der Waals surface area contributed by atoms with Crippen molar-refractivity contribution in [2.75, 3.05) is 41.7 Å². The van der Waals surface area contributed by atoms with Crippen molar-refractivity contribution in [1.82, 2.24) is 19.9 Å². The normalized spacial score (nSPS) is 15.4. The van der Waals surface area contributed by atoms with E-state index in [2.05, 4.69) is 29.7 Å². The molecule has 8 heteroatoms. The van der Waals surface area contributed by atoms with Crippen LogP contribution in [0.4, 0.5) is 17.7 Å². The van der Waals surface area contributed by atoms with Crippen LogP contribution in [0.1, 0.15) is 0 Å². The Bertz CT molecular complexity index is 584. The smallest absolute Gasteiger partial charge is 0.225 e. The summed E-state index contributed by atoms with van der Waals surface area (Å²) in [6, 6.07) is 1.81. The van der Waals surface area contributed by atoms with E-state index in [4.69, 9.17) is 17.3 Å². The van der Waals surface area contributed by atoms with E-state index in [1.54, 1.807) is 12.4 Å². The average Bonchev–Trinajstić information content (AvgIpc) is 2.51. The molecule has 7 nitrogen and oxygen atoms in total. The van der Waals surface area contributed by atoms with Gasteiger partial charge in [0.05, 0.1) is 6.20 Å². The van der Waals surface area contributed by atoms with Gasteiger partial charge in [0.1, 0.15) is 5.02 Å². The van der Waals surface area contributed by atoms with Crippen LogP contribution in [0.15, 0.2) is 24.7 Å². The van der Waals surface area contributed by atoms with Gasteiger partial charge in [-0.1, -0.05) is 11.6 Å². The molecule has 3 rings (SSSR count). The fourth-order valence-electron chi connectivity index (χ4n) is 2.17. The van der Waals surface area contributed by atoms with Gasteiger partial charge in [-0.3, -0.25) is 0 Å². The summed E-state index contributed by atoms with van der Waals surface area (Å²) in [5.74, 6) is 1.67. The number of hydrogen-bond donors (Lipinski definition) is 1. The zero-order chi connectivity index (χ0) is 13.9. The lowest BCUT2D eigenvalue weighted by atomic mass is 10.3. The number of piperazine rings is 1. The molecule has 0 spiro atoms. The molecule has 3 heterocycles. The molecule has 0 atom stereocenters. The lowest BCUT2D eigenvalue weighted by molar-refractivity contribution is 0.634. The quantitative estimate of drug-likeness (QED) is 0.877. The molecule has 0 saturated carbocycles. The van der Waals surface area contributed by atoms with Gasteiger partial charge in [0.2, 0.25) is 11.9 Å². The summed E-state index contributed by atoms with van der Waals surface area (Å²) >= 11 is 6.12. The number of nitrogens with zero attached hydrogens (tertiary/aromatic N) is 6. The zero-order valence-corrected chi connectivity index (χ0v) is 11.5. The van der Waals surface area contributed by atoms with Crippen LogP contribution >= 0.6 is 11.6 Å². The molecule has 1 aliphatic rings. The minimum atomic E-state index is 0.234. The van der Waals surface area contributed by atoms with Crippen molar-refractivity contribution in [3.63, 3.8) is 0 Å². The number of nitrogens with two attached hydrogens (primary N) is 1. The van der Waals surface area contributed by atoms with Gasteiger partial charge in [-0.25, -0.2) is 15.0 Å². The van der Waals surface area contributed by atoms with Crippen molar-refractivity contribution in [2.45, 2.75) is 0 Å². The molecule has 104 valence electrons. The maximum absolute atomic E-state index is 6.12. The molecular weight excluding hydrogens is 278 g/mol. The van der Waals surface area contributed by atoms with E-state index < -0.39 is 0 Å². The first-order valence-electron chi connectivity index (χ1n) is 6.29. The fourth-order valence-corrected chi connectivity index (χ4v) is 2.38. The monoisotopic (exact) mass is 291 g/mol. The summed E-state index contributed by atoms with van der Waals surface area (Å²) in [4.78, 5) is 20.8. The van der Waals surface area contributed by atoms with Crippen molar-refractivity contribution in [3.05, 3.63) is 29.7 Å². The summed E-state index contributed by atoms with van der Waals surface area (Å²) in [5, 5.41) is 0.517. The van der Waals surface area contributed by atoms with E-state index in [0.717, 1.165) is 32.1 Å². The van der Waals surface area contributed by atoms with Gasteiger partial charge in [-0.2, -0.15) is 4.98 Å². The van der Waals surface area contributed by atoms with Gasteiger partial charge >= 0.3 is 0 Å². The maximum atomic E-state index is 6.12. The molecule has 0 bridgehead atoms. The molecule has 1 saturated heterocycles. The Morgan fingerprint density at radius 2 is 1.65 bits per heavy atom. The summed E-state index contributed by atoms with van der Waals surface area (Å²) < 4.78 is 0. The Morgan fingerprint density at radius 1 is 1.00 bits per heavy atom. The number of aromatic nitrogens is 4. The highest BCUT2D eigenvalue weighted by Gasteiger charge is 2.21. The van der Waals surface area contributed by atoms with E-state index in [9.17, 15) is 0 Å². The molecule has 2 aromatic heterocycles. The van der Waals surface area contributed by atoms with Crippen LogP contribution in [-0.4, -0.2) is 46.1 Å². The number of nitrogen functional groups attached to an aromatic ring is 1. The summed E-state index contributed by atoms with van der Waals surface area (Å²) in [5.41, 5.74) is 5.61. The molecule has 1 aliphatic heterocycles. The molecule has 2 N–H and O–H groups in total. The van der Waals surface area contributed by atoms with Crippen LogP contribution in [-0.2, 0) is 0 Å². The van der Waals surface area contributed by atoms with Crippen LogP contribution in [0.5, 0.6) is 0 Å². The zero-order valence-electron chi connectivity index (χ0n) is 10.8. The van der Waals surface area contributed by atoms with Gasteiger partial charge in [0.25, 0.3) is 0 Å². The molecule has 0 aliphatic carbocycles. The number of anilines is 3. The highest BCUT2D eigenvalue weighted by atomic mass is 35.5. The van der Waals surface area contributed by atoms with Crippen LogP contribution in [0.25, 0.3) is 0 Å². The molecule has 2 aromatic rings. The van der Waals surface area contributed by atoms with Crippen molar-refractivity contribution < 1.29 is 0 Å². The van der Waals surface area contributed by atoms with Gasteiger partial charge in [0.15, 0.2) is 5.82 Å². The Kier molecular flexibility index (Phi) is 3.51. The van der Waals surface area contributed by atoms with E-state index in [0.29, 0.717) is 10.8 Å². The maximum Gasteiger partial charge on any atom is 0.225 e. The van der Waals surface area contributed by atoms with Crippen molar-refractivity contribution >= 4 is 29.3 Å². The molecule has 20 heavy (non-hydrogen) atoms. The topological polar surface area (TPSA) is 84.1 Å². The minimum Gasteiger partial charge on any atom is -0.368 e. The lowest BCUT2D eigenvalue weighted by Crippen LogP contribution is -2.47. The standard InChI is InChI=1S/C12H14ClN7/c13-9-8-17-11(14)18-10(9)19-4-6-20(7-5-19)12-15-2-1-3-16-12/h1-3,8H,4-7H2,(H2,14,17,18). The second kappa shape index (κ2) is 5.46. The second-order valence-corrected chi connectivity index (χ2v) is 4.83. The first-order chi connectivity index (χ1) is 9.74. The Labute approximate surface area is 121 Å². The third-order valence-electron chi connectivity index (χ3n) is 3.16. The van der Waals surface area contributed by atoms with Crippen molar-refractivity contribution in [2.24, 2.45) is 0 Å². The van der Waals surface area contributed by atoms with Crippen molar-refractivity contribution in [3.8, 4) is 0 Å². The predicted molar refractivity (Wildman–Crippen MR) is 77.9 cm³/mol. The SMILES string of the molecule is Nc1ncc(Cl)c(N2CCN(c3ncccn3)CC2)n1. The van der Waals surface area contributed by atoms with E-state index in [1.165, 1.54) is 6.20 Å². The van der Waals surface area contributed by atoms with Crippen LogP contribution in [0, 0.1) is 0 Å². The molecule has 0 radical (unpaired) electrons. The number of hydrogen-bond acceptors (Lipinski definition) is 7. The molecule has 1 fully saturated rings. The van der Waals surface area contributed by atoms with Gasteiger partial charge in [-0.05, 0) is 6.07 Å². The fraction of sp³-hybridized carbons (Fsp3) is 0.333. The summed E-state index contributed by atoms with van der Waals surface area (Å²) in [6.07, 6.45) is 5.03. The largest absolute Gasteiger partial charge is 0.368 e. The van der Waals surface area contributed by atoms with Crippen LogP contribution in [0.3, 0.4) is 0 Å². The third-order valence-corrected chi connectivity index (χ3v) is 3.43. The minimum absolute atomic E-state index is 0.234. The Morgan fingerprint density at radius 3 is 2.35 bits per heavy atom. The summed E-state index contributed by atoms with van der Waals surface area (Å²) in [7, 11) is 0. The number of halogens is 1. The van der Waals surface area contributed by atoms with Crippen LogP contribution in [0.2, 0.25) is 5.02 Å². The van der Waals surface area contributed by atoms with E-state index in [1.807, 2.05) is 6.07 Å². The first-order valence-corrected chi connectivity index (χ1v) is 6.67. The number of rotatable bonds is 2. The average molecular weight is 292 g/mol. The van der Waals surface area contributed by atoms with Gasteiger partial charge < -0.3 is 15.5 Å². The second-order valence-electron chi connectivity index (χ2n) is 4.42. The predicted octanol–water partition coefficient (Wildman–Crippen LogP) is 0.829. The van der Waals surface area contributed by atoms with Gasteiger partial charge in [-0.15, -0.1) is 0 Å². The molecule has 0 amide bonds. The molecule has 0 aromatic carbocycles. The van der Waals surface area contributed by atoms with E-state index in [-0.39, 0.29) is 5.95 Å². The molecular formula is C12H14ClN7. The highest BCUT2D eigenvalue weighted by molar-refractivity contribution is 6.32. The summed E-state index contributed by atoms with van der Waals surface area (Å²) in [6.45, 7) is 3.19. The molecule has 0 unspecified atom stereocenters. The van der Waals surface area contributed by atoms with E-state index >= 15 is 0 Å². The highest BCUT2D eigenvalue weighted by Crippen LogP contribution is 2.24. The third kappa shape index (κ3) is 2.57. The van der Waals surface area contributed by atoms with Gasteiger partial charge in [0, 0.05) is 38.6 Å². The van der Waals surface area contributed by atoms with Crippen molar-refractivity contribution in [1.29, 1.82) is 0 Å². The van der Waals surface area contributed by atoms with Crippen LogP contribution < -0.4 is 15.5 Å². The Hall–Kier alpha value is -2.15. The lowest BCUT2D eigenvalue weighted by Gasteiger charge is -2.35. The first kappa shape index (κ1) is 12.9. The Balaban J connectivity index is 1.71.